The largest absolute Gasteiger partial charge is 0.326 e. The minimum Gasteiger partial charge on any atom is -0.326 e. The summed E-state index contributed by atoms with van der Waals surface area (Å²) >= 11 is 3.20. The van der Waals surface area contributed by atoms with E-state index in [1.54, 1.807) is 12.3 Å². The number of nitrogens with zero attached hydrogens (tertiary/aromatic N) is 1. The number of pyridine rings is 1. The van der Waals surface area contributed by atoms with Gasteiger partial charge in [-0.15, -0.1) is 0 Å². The number of aromatic nitrogens is 1. The maximum Gasteiger partial charge on any atom is 0.225 e. The van der Waals surface area contributed by atoms with Crippen molar-refractivity contribution in [1.29, 1.82) is 0 Å². The van der Waals surface area contributed by atoms with E-state index < -0.39 is 0 Å². The Morgan fingerprint density at radius 2 is 2.46 bits per heavy atom. The molecule has 4 heteroatoms. The number of aryl methyl sites for hydroxylation is 1. The first-order chi connectivity index (χ1) is 6.22. The van der Waals surface area contributed by atoms with E-state index in [1.807, 2.05) is 13.0 Å². The molecule has 3 nitrogen and oxygen atoms in total. The van der Waals surface area contributed by atoms with Crippen LogP contribution in [-0.4, -0.2) is 16.2 Å². The summed E-state index contributed by atoms with van der Waals surface area (Å²) in [5, 5.41) is 3.46. The Kier molecular flexibility index (Phi) is 3.89. The van der Waals surface area contributed by atoms with Crippen LogP contribution in [0, 0.1) is 6.92 Å². The summed E-state index contributed by atoms with van der Waals surface area (Å²) in [6, 6.07) is 3.62. The van der Waals surface area contributed by atoms with Crippen LogP contribution in [0.4, 0.5) is 5.69 Å². The van der Waals surface area contributed by atoms with Crippen molar-refractivity contribution in [3.63, 3.8) is 0 Å². The highest BCUT2D eigenvalue weighted by atomic mass is 79.9. The fraction of sp³-hybridized carbons (Fsp3) is 0.333. The van der Waals surface area contributed by atoms with Crippen LogP contribution in [0.15, 0.2) is 18.3 Å². The Morgan fingerprint density at radius 3 is 3.08 bits per heavy atom. The summed E-state index contributed by atoms with van der Waals surface area (Å²) in [7, 11) is 0. The molecule has 0 aliphatic carbocycles. The van der Waals surface area contributed by atoms with Crippen LogP contribution in [0.2, 0.25) is 0 Å². The molecule has 1 rings (SSSR count). The third-order valence-electron chi connectivity index (χ3n) is 1.50. The lowest BCUT2D eigenvalue weighted by molar-refractivity contribution is -0.115. The van der Waals surface area contributed by atoms with Crippen LogP contribution in [0.1, 0.15) is 12.1 Å². The molecule has 0 aliphatic rings. The molecule has 0 unspecified atom stereocenters. The van der Waals surface area contributed by atoms with Crippen molar-refractivity contribution in [3.8, 4) is 0 Å². The first-order valence-electron chi connectivity index (χ1n) is 4.01. The normalized spacial score (nSPS) is 9.69. The van der Waals surface area contributed by atoms with E-state index in [0.29, 0.717) is 11.8 Å². The molecule has 0 atom stereocenters. The van der Waals surface area contributed by atoms with Crippen molar-refractivity contribution in [3.05, 3.63) is 24.0 Å². The number of nitrogens with one attached hydrogen (secondary N) is 1. The lowest BCUT2D eigenvalue weighted by atomic mass is 10.3. The Morgan fingerprint density at radius 1 is 1.69 bits per heavy atom. The molecule has 0 radical (unpaired) electrons. The number of hydrogen-bond donors (Lipinski definition) is 1. The molecule has 1 aromatic rings. The summed E-state index contributed by atoms with van der Waals surface area (Å²) in [5.41, 5.74) is 1.70. The maximum atomic E-state index is 11.2. The van der Waals surface area contributed by atoms with Gasteiger partial charge >= 0.3 is 0 Å². The number of halogens is 1. The third-order valence-corrected chi connectivity index (χ3v) is 1.90. The molecule has 1 N–H and O–H groups in total. The Labute approximate surface area is 85.7 Å². The van der Waals surface area contributed by atoms with E-state index in [-0.39, 0.29) is 5.91 Å². The second-order valence-electron chi connectivity index (χ2n) is 2.67. The second kappa shape index (κ2) is 4.97. The zero-order valence-electron chi connectivity index (χ0n) is 7.38. The van der Waals surface area contributed by atoms with Gasteiger partial charge in [-0.2, -0.15) is 0 Å². The molecule has 0 bridgehead atoms. The molecular formula is C9H11BrN2O. The first kappa shape index (κ1) is 10.2. The lowest BCUT2D eigenvalue weighted by Gasteiger charge is -2.03. The van der Waals surface area contributed by atoms with Gasteiger partial charge in [0, 0.05) is 29.3 Å². The average Bonchev–Trinajstić information content (AvgIpc) is 2.04. The molecule has 1 aromatic heterocycles. The van der Waals surface area contributed by atoms with E-state index in [0.717, 1.165) is 11.4 Å². The molecule has 0 fully saturated rings. The fourth-order valence-electron chi connectivity index (χ4n) is 0.933. The number of amides is 1. The van der Waals surface area contributed by atoms with E-state index >= 15 is 0 Å². The topological polar surface area (TPSA) is 42.0 Å². The highest BCUT2D eigenvalue weighted by molar-refractivity contribution is 9.09. The molecule has 0 aliphatic heterocycles. The standard InChI is InChI=1S/C9H11BrN2O/c1-7-6-8(3-5-11-7)12-9(13)2-4-10/h3,5-6H,2,4H2,1H3,(H,11,12,13). The van der Waals surface area contributed by atoms with Crippen LogP contribution in [-0.2, 0) is 4.79 Å². The second-order valence-corrected chi connectivity index (χ2v) is 3.47. The van der Waals surface area contributed by atoms with Gasteiger partial charge in [-0.3, -0.25) is 9.78 Å². The number of anilines is 1. The van der Waals surface area contributed by atoms with Crippen molar-refractivity contribution >= 4 is 27.5 Å². The molecule has 0 aromatic carbocycles. The van der Waals surface area contributed by atoms with Crippen LogP contribution in [0.25, 0.3) is 0 Å². The van der Waals surface area contributed by atoms with Crippen LogP contribution in [0.5, 0.6) is 0 Å². The molecule has 13 heavy (non-hydrogen) atoms. The molecule has 70 valence electrons. The van der Waals surface area contributed by atoms with Crippen molar-refractivity contribution in [2.24, 2.45) is 0 Å². The summed E-state index contributed by atoms with van der Waals surface area (Å²) in [4.78, 5) is 15.2. The van der Waals surface area contributed by atoms with Crippen molar-refractivity contribution in [1.82, 2.24) is 4.98 Å². The molecule has 1 heterocycles. The van der Waals surface area contributed by atoms with Gasteiger partial charge in [0.25, 0.3) is 0 Å². The number of carbonyl (C=O) groups is 1. The lowest BCUT2D eigenvalue weighted by Crippen LogP contribution is -2.11. The number of alkyl halides is 1. The first-order valence-corrected chi connectivity index (χ1v) is 5.13. The van der Waals surface area contributed by atoms with Gasteiger partial charge in [0.15, 0.2) is 0 Å². The molecule has 0 saturated carbocycles. The predicted octanol–water partition coefficient (Wildman–Crippen LogP) is 2.11. The SMILES string of the molecule is Cc1cc(NC(=O)CCBr)ccn1. The summed E-state index contributed by atoms with van der Waals surface area (Å²) in [5.74, 6) is 0.0162. The van der Waals surface area contributed by atoms with E-state index in [2.05, 4.69) is 26.2 Å². The summed E-state index contributed by atoms with van der Waals surface area (Å²) < 4.78 is 0. The van der Waals surface area contributed by atoms with E-state index in [4.69, 9.17) is 0 Å². The Bertz CT molecular complexity index is 301. The molecular weight excluding hydrogens is 232 g/mol. The van der Waals surface area contributed by atoms with Crippen molar-refractivity contribution in [2.75, 3.05) is 10.6 Å². The minimum absolute atomic E-state index is 0.0162. The average molecular weight is 243 g/mol. The van der Waals surface area contributed by atoms with Gasteiger partial charge in [0.05, 0.1) is 0 Å². The Balaban J connectivity index is 2.58. The highest BCUT2D eigenvalue weighted by Crippen LogP contribution is 2.07. The van der Waals surface area contributed by atoms with E-state index in [9.17, 15) is 4.79 Å². The number of rotatable bonds is 3. The summed E-state index contributed by atoms with van der Waals surface area (Å²) in [6.07, 6.45) is 2.17. The van der Waals surface area contributed by atoms with Gasteiger partial charge in [0.1, 0.15) is 0 Å². The number of carbonyl (C=O) groups excluding carboxylic acids is 1. The van der Waals surface area contributed by atoms with Crippen LogP contribution in [0.3, 0.4) is 0 Å². The smallest absolute Gasteiger partial charge is 0.225 e. The molecule has 0 saturated heterocycles. The predicted molar refractivity (Wildman–Crippen MR) is 56.0 cm³/mol. The third kappa shape index (κ3) is 3.55. The van der Waals surface area contributed by atoms with Gasteiger partial charge in [-0.05, 0) is 19.1 Å². The zero-order chi connectivity index (χ0) is 9.68. The van der Waals surface area contributed by atoms with Crippen molar-refractivity contribution in [2.45, 2.75) is 13.3 Å². The van der Waals surface area contributed by atoms with Gasteiger partial charge < -0.3 is 5.32 Å². The fourth-order valence-corrected chi connectivity index (χ4v) is 1.29. The van der Waals surface area contributed by atoms with Crippen LogP contribution >= 0.6 is 15.9 Å². The van der Waals surface area contributed by atoms with Crippen molar-refractivity contribution < 1.29 is 4.79 Å². The van der Waals surface area contributed by atoms with Crippen LogP contribution < -0.4 is 5.32 Å². The van der Waals surface area contributed by atoms with E-state index in [1.165, 1.54) is 0 Å². The number of hydrogen-bond acceptors (Lipinski definition) is 2. The monoisotopic (exact) mass is 242 g/mol. The minimum atomic E-state index is 0.0162. The Hall–Kier alpha value is -0.900. The quantitative estimate of drug-likeness (QED) is 0.826. The van der Waals surface area contributed by atoms with Gasteiger partial charge in [-0.1, -0.05) is 15.9 Å². The van der Waals surface area contributed by atoms with Gasteiger partial charge in [0.2, 0.25) is 5.91 Å². The highest BCUT2D eigenvalue weighted by Gasteiger charge is 2.00. The molecule has 0 spiro atoms. The van der Waals surface area contributed by atoms with Gasteiger partial charge in [-0.25, -0.2) is 0 Å². The summed E-state index contributed by atoms with van der Waals surface area (Å²) in [6.45, 7) is 1.89. The zero-order valence-corrected chi connectivity index (χ0v) is 8.97. The molecule has 1 amide bonds. The maximum absolute atomic E-state index is 11.2.